The average molecular weight is 330 g/mol. The molecule has 5 heteroatoms. The first-order valence-corrected chi connectivity index (χ1v) is 7.96. The number of imidazole rings is 1. The van der Waals surface area contributed by atoms with Gasteiger partial charge in [-0.25, -0.2) is 4.98 Å². The number of benzene rings is 2. The molecule has 0 aliphatic carbocycles. The molecular weight excluding hydrogens is 310 g/mol. The van der Waals surface area contributed by atoms with Crippen molar-refractivity contribution in [3.05, 3.63) is 53.6 Å². The molecule has 0 amide bonds. The van der Waals surface area contributed by atoms with Crippen molar-refractivity contribution in [3.63, 3.8) is 0 Å². The van der Waals surface area contributed by atoms with Gasteiger partial charge in [0.25, 0.3) is 0 Å². The summed E-state index contributed by atoms with van der Waals surface area (Å²) in [5.41, 5.74) is 2.88. The van der Waals surface area contributed by atoms with E-state index in [1.54, 1.807) is 0 Å². The van der Waals surface area contributed by atoms with E-state index in [4.69, 9.17) is 16.6 Å². The highest BCUT2D eigenvalue weighted by atomic mass is 35.5. The summed E-state index contributed by atoms with van der Waals surface area (Å²) in [6.45, 7) is 1.09. The van der Waals surface area contributed by atoms with E-state index in [0.29, 0.717) is 18.1 Å². The lowest BCUT2D eigenvalue weighted by atomic mass is 10.2. The number of hydrogen-bond donors (Lipinski definition) is 1. The molecular formula is C18H20ClN3O. The summed E-state index contributed by atoms with van der Waals surface area (Å²) in [6.07, 6.45) is -0.472. The second kappa shape index (κ2) is 6.71. The van der Waals surface area contributed by atoms with Crippen LogP contribution in [-0.2, 0) is 6.54 Å². The lowest BCUT2D eigenvalue weighted by molar-refractivity contribution is 0.121. The van der Waals surface area contributed by atoms with E-state index in [2.05, 4.69) is 4.57 Å². The summed E-state index contributed by atoms with van der Waals surface area (Å²) in [7, 11) is 3.90. The zero-order valence-corrected chi connectivity index (χ0v) is 14.0. The molecule has 1 N–H and O–H groups in total. The zero-order chi connectivity index (χ0) is 16.4. The fraction of sp³-hybridized carbons (Fsp3) is 0.278. The van der Waals surface area contributed by atoms with Crippen LogP contribution >= 0.6 is 11.6 Å². The molecule has 0 saturated heterocycles. The molecule has 120 valence electrons. The number of rotatable bonds is 5. The van der Waals surface area contributed by atoms with E-state index >= 15 is 0 Å². The van der Waals surface area contributed by atoms with Crippen LogP contribution in [0.1, 0.15) is 0 Å². The SMILES string of the molecule is CN(C)C[C@H](O)Cn1c(-c2cccc(Cl)c2)nc2ccccc21. The molecule has 0 spiro atoms. The van der Waals surface area contributed by atoms with E-state index in [-0.39, 0.29) is 0 Å². The van der Waals surface area contributed by atoms with Crippen molar-refractivity contribution >= 4 is 22.6 Å². The van der Waals surface area contributed by atoms with Gasteiger partial charge in [-0.15, -0.1) is 0 Å². The maximum absolute atomic E-state index is 10.4. The fourth-order valence-corrected chi connectivity index (χ4v) is 2.99. The number of halogens is 1. The first-order valence-electron chi connectivity index (χ1n) is 7.58. The first kappa shape index (κ1) is 16.0. The number of hydrogen-bond acceptors (Lipinski definition) is 3. The number of aliphatic hydroxyl groups excluding tert-OH is 1. The van der Waals surface area contributed by atoms with Gasteiger partial charge in [0.05, 0.1) is 23.7 Å². The third-order valence-corrected chi connectivity index (χ3v) is 3.94. The van der Waals surface area contributed by atoms with Crippen LogP contribution < -0.4 is 0 Å². The Morgan fingerprint density at radius 1 is 1.17 bits per heavy atom. The Kier molecular flexibility index (Phi) is 4.66. The van der Waals surface area contributed by atoms with Gasteiger partial charge in [-0.2, -0.15) is 0 Å². The van der Waals surface area contributed by atoms with Crippen LogP contribution in [0.15, 0.2) is 48.5 Å². The van der Waals surface area contributed by atoms with Crippen molar-refractivity contribution in [1.82, 2.24) is 14.5 Å². The van der Waals surface area contributed by atoms with E-state index in [0.717, 1.165) is 22.4 Å². The predicted molar refractivity (Wildman–Crippen MR) is 94.7 cm³/mol. The predicted octanol–water partition coefficient (Wildman–Crippen LogP) is 3.28. The van der Waals surface area contributed by atoms with E-state index in [9.17, 15) is 5.11 Å². The smallest absolute Gasteiger partial charge is 0.141 e. The molecule has 0 saturated carbocycles. The Morgan fingerprint density at radius 3 is 2.70 bits per heavy atom. The maximum atomic E-state index is 10.4. The Labute approximate surface area is 140 Å². The standard InChI is InChI=1S/C18H20ClN3O/c1-21(2)11-15(23)12-22-17-9-4-3-8-16(17)20-18(22)13-6-5-7-14(19)10-13/h3-10,15,23H,11-12H2,1-2H3/t15-/m0/s1. The lowest BCUT2D eigenvalue weighted by Crippen LogP contribution is -2.29. The molecule has 4 nitrogen and oxygen atoms in total. The van der Waals surface area contributed by atoms with E-state index in [1.807, 2.05) is 67.5 Å². The molecule has 0 aliphatic heterocycles. The first-order chi connectivity index (χ1) is 11.0. The second-order valence-corrected chi connectivity index (χ2v) is 6.40. The molecule has 3 aromatic rings. The molecule has 3 rings (SSSR count). The van der Waals surface area contributed by atoms with Gasteiger partial charge in [-0.3, -0.25) is 0 Å². The van der Waals surface area contributed by atoms with Gasteiger partial charge >= 0.3 is 0 Å². The van der Waals surface area contributed by atoms with Crippen LogP contribution in [0.5, 0.6) is 0 Å². The number of fused-ring (bicyclic) bond motifs is 1. The molecule has 1 aromatic heterocycles. The van der Waals surface area contributed by atoms with Crippen LogP contribution in [0.25, 0.3) is 22.4 Å². The largest absolute Gasteiger partial charge is 0.390 e. The number of para-hydroxylation sites is 2. The fourth-order valence-electron chi connectivity index (χ4n) is 2.80. The monoisotopic (exact) mass is 329 g/mol. The Hall–Kier alpha value is -1.88. The van der Waals surface area contributed by atoms with Crippen LogP contribution in [0.3, 0.4) is 0 Å². The van der Waals surface area contributed by atoms with Crippen molar-refractivity contribution in [1.29, 1.82) is 0 Å². The number of aliphatic hydroxyl groups is 1. The second-order valence-electron chi connectivity index (χ2n) is 5.96. The van der Waals surface area contributed by atoms with Gasteiger partial charge in [0, 0.05) is 17.1 Å². The van der Waals surface area contributed by atoms with Crippen molar-refractivity contribution in [3.8, 4) is 11.4 Å². The minimum atomic E-state index is -0.472. The van der Waals surface area contributed by atoms with E-state index < -0.39 is 6.10 Å². The average Bonchev–Trinajstić information content (AvgIpc) is 2.85. The van der Waals surface area contributed by atoms with Crippen molar-refractivity contribution < 1.29 is 5.11 Å². The van der Waals surface area contributed by atoms with Gasteiger partial charge in [0.15, 0.2) is 0 Å². The van der Waals surface area contributed by atoms with Crippen LogP contribution in [-0.4, -0.2) is 46.3 Å². The van der Waals surface area contributed by atoms with Gasteiger partial charge in [-0.1, -0.05) is 35.9 Å². The molecule has 1 heterocycles. The molecule has 1 atom stereocenters. The third kappa shape index (κ3) is 3.55. The lowest BCUT2D eigenvalue weighted by Gasteiger charge is -2.18. The number of aromatic nitrogens is 2. The molecule has 0 aliphatic rings. The quantitative estimate of drug-likeness (QED) is 0.781. The van der Waals surface area contributed by atoms with Gasteiger partial charge in [0.1, 0.15) is 5.82 Å². The molecule has 0 radical (unpaired) electrons. The summed E-state index contributed by atoms with van der Waals surface area (Å²) in [4.78, 5) is 6.71. The highest BCUT2D eigenvalue weighted by Gasteiger charge is 2.16. The molecule has 0 bridgehead atoms. The summed E-state index contributed by atoms with van der Waals surface area (Å²) in [6, 6.07) is 15.6. The summed E-state index contributed by atoms with van der Waals surface area (Å²) < 4.78 is 2.06. The molecule has 0 unspecified atom stereocenters. The van der Waals surface area contributed by atoms with Gasteiger partial charge < -0.3 is 14.6 Å². The van der Waals surface area contributed by atoms with Crippen LogP contribution in [0.4, 0.5) is 0 Å². The molecule has 0 fully saturated rings. The van der Waals surface area contributed by atoms with Crippen molar-refractivity contribution in [2.75, 3.05) is 20.6 Å². The molecule has 2 aromatic carbocycles. The molecule has 23 heavy (non-hydrogen) atoms. The summed E-state index contributed by atoms with van der Waals surface area (Å²) in [5.74, 6) is 0.825. The van der Waals surface area contributed by atoms with Crippen molar-refractivity contribution in [2.24, 2.45) is 0 Å². The number of nitrogens with zero attached hydrogens (tertiary/aromatic N) is 3. The van der Waals surface area contributed by atoms with Gasteiger partial charge in [0.2, 0.25) is 0 Å². The summed E-state index contributed by atoms with van der Waals surface area (Å²) >= 11 is 6.13. The van der Waals surface area contributed by atoms with Crippen LogP contribution in [0, 0.1) is 0 Å². The topological polar surface area (TPSA) is 41.3 Å². The third-order valence-electron chi connectivity index (χ3n) is 3.71. The highest BCUT2D eigenvalue weighted by Crippen LogP contribution is 2.27. The number of likely N-dealkylation sites (N-methyl/N-ethyl adjacent to an activating group) is 1. The van der Waals surface area contributed by atoms with E-state index in [1.165, 1.54) is 0 Å². The normalized spacial score (nSPS) is 12.9. The minimum Gasteiger partial charge on any atom is -0.390 e. The van der Waals surface area contributed by atoms with Crippen molar-refractivity contribution in [2.45, 2.75) is 12.6 Å². The van der Waals surface area contributed by atoms with Gasteiger partial charge in [-0.05, 0) is 38.4 Å². The Morgan fingerprint density at radius 2 is 1.96 bits per heavy atom. The summed E-state index contributed by atoms with van der Waals surface area (Å²) in [5, 5.41) is 11.0. The highest BCUT2D eigenvalue weighted by molar-refractivity contribution is 6.30. The maximum Gasteiger partial charge on any atom is 0.141 e. The minimum absolute atomic E-state index is 0.472. The van der Waals surface area contributed by atoms with Crippen LogP contribution in [0.2, 0.25) is 5.02 Å². The Balaban J connectivity index is 2.08. The zero-order valence-electron chi connectivity index (χ0n) is 13.3. The Bertz CT molecular complexity index is 813.